The molecule has 5 nitrogen and oxygen atoms in total. The van der Waals surface area contributed by atoms with E-state index in [4.69, 9.17) is 9.15 Å². The highest BCUT2D eigenvalue weighted by atomic mass is 19.1. The van der Waals surface area contributed by atoms with Crippen molar-refractivity contribution in [2.75, 3.05) is 13.1 Å². The van der Waals surface area contributed by atoms with E-state index in [2.05, 4.69) is 0 Å². The second-order valence-electron chi connectivity index (χ2n) is 5.39. The minimum Gasteiger partial charge on any atom is -0.482 e. The summed E-state index contributed by atoms with van der Waals surface area (Å²) in [5.74, 6) is -0.568. The highest BCUT2D eigenvalue weighted by Crippen LogP contribution is 2.14. The molecule has 0 N–H and O–H groups in total. The molecule has 6 heteroatoms. The molecule has 0 saturated carbocycles. The SMILES string of the molecule is O=C(c1cc(=O)c(OCc2ccc(F)cc2)co1)N1CCCC1. The lowest BCUT2D eigenvalue weighted by molar-refractivity contribution is 0.0757. The van der Waals surface area contributed by atoms with E-state index in [0.29, 0.717) is 13.1 Å². The molecular weight excluding hydrogens is 301 g/mol. The van der Waals surface area contributed by atoms with E-state index in [1.54, 1.807) is 17.0 Å². The summed E-state index contributed by atoms with van der Waals surface area (Å²) in [6.07, 6.45) is 3.08. The third-order valence-corrected chi connectivity index (χ3v) is 3.71. The minimum absolute atomic E-state index is 0.0195. The van der Waals surface area contributed by atoms with E-state index in [0.717, 1.165) is 30.7 Å². The number of ether oxygens (including phenoxy) is 1. The predicted molar refractivity (Wildman–Crippen MR) is 80.8 cm³/mol. The van der Waals surface area contributed by atoms with Gasteiger partial charge in [0.1, 0.15) is 18.7 Å². The lowest BCUT2D eigenvalue weighted by atomic mass is 10.2. The van der Waals surface area contributed by atoms with Crippen molar-refractivity contribution in [1.29, 1.82) is 0 Å². The Morgan fingerprint density at radius 2 is 1.91 bits per heavy atom. The van der Waals surface area contributed by atoms with E-state index in [1.807, 2.05) is 0 Å². The van der Waals surface area contributed by atoms with Gasteiger partial charge in [-0.2, -0.15) is 0 Å². The zero-order valence-corrected chi connectivity index (χ0v) is 12.5. The second kappa shape index (κ2) is 6.64. The van der Waals surface area contributed by atoms with Gasteiger partial charge in [0.05, 0.1) is 0 Å². The maximum Gasteiger partial charge on any atom is 0.289 e. The van der Waals surface area contributed by atoms with Crippen LogP contribution in [0.25, 0.3) is 0 Å². The third kappa shape index (κ3) is 3.59. The summed E-state index contributed by atoms with van der Waals surface area (Å²) >= 11 is 0. The molecule has 1 aliphatic heterocycles. The molecule has 120 valence electrons. The first-order valence-corrected chi connectivity index (χ1v) is 7.43. The quantitative estimate of drug-likeness (QED) is 0.869. The first-order chi connectivity index (χ1) is 11.1. The van der Waals surface area contributed by atoms with Gasteiger partial charge in [0.15, 0.2) is 5.76 Å². The van der Waals surface area contributed by atoms with Crippen LogP contribution in [0.15, 0.2) is 45.8 Å². The van der Waals surface area contributed by atoms with Gasteiger partial charge in [0.2, 0.25) is 11.2 Å². The summed E-state index contributed by atoms with van der Waals surface area (Å²) in [5.41, 5.74) is 0.309. The third-order valence-electron chi connectivity index (χ3n) is 3.71. The van der Waals surface area contributed by atoms with Crippen molar-refractivity contribution >= 4 is 5.91 Å². The van der Waals surface area contributed by atoms with Crippen LogP contribution >= 0.6 is 0 Å². The number of nitrogens with zero attached hydrogens (tertiary/aromatic N) is 1. The fraction of sp³-hybridized carbons (Fsp3) is 0.294. The topological polar surface area (TPSA) is 59.8 Å². The lowest BCUT2D eigenvalue weighted by Crippen LogP contribution is -2.28. The second-order valence-corrected chi connectivity index (χ2v) is 5.39. The normalized spacial score (nSPS) is 14.0. The molecule has 3 rings (SSSR count). The van der Waals surface area contributed by atoms with E-state index in [9.17, 15) is 14.0 Å². The molecule has 0 unspecified atom stereocenters. The zero-order chi connectivity index (χ0) is 16.2. The largest absolute Gasteiger partial charge is 0.482 e. The number of benzene rings is 1. The summed E-state index contributed by atoms with van der Waals surface area (Å²) < 4.78 is 23.4. The molecule has 2 aromatic rings. The smallest absolute Gasteiger partial charge is 0.289 e. The molecule has 0 radical (unpaired) electrons. The van der Waals surface area contributed by atoms with Crippen LogP contribution in [0, 0.1) is 5.82 Å². The Labute approximate surface area is 132 Å². The van der Waals surface area contributed by atoms with Crippen molar-refractivity contribution in [3.63, 3.8) is 0 Å². The Balaban J connectivity index is 1.68. The van der Waals surface area contributed by atoms with Crippen molar-refractivity contribution in [2.45, 2.75) is 19.4 Å². The zero-order valence-electron chi connectivity index (χ0n) is 12.5. The summed E-state index contributed by atoms with van der Waals surface area (Å²) in [6.45, 7) is 1.49. The molecule has 1 amide bonds. The minimum atomic E-state index is -0.416. The van der Waals surface area contributed by atoms with Gasteiger partial charge in [-0.1, -0.05) is 12.1 Å². The first-order valence-electron chi connectivity index (χ1n) is 7.43. The van der Waals surface area contributed by atoms with Gasteiger partial charge in [0, 0.05) is 19.2 Å². The van der Waals surface area contributed by atoms with Crippen LogP contribution < -0.4 is 10.2 Å². The molecule has 0 spiro atoms. The average Bonchev–Trinajstić information content (AvgIpc) is 3.09. The number of hydrogen-bond donors (Lipinski definition) is 0. The maximum absolute atomic E-state index is 12.8. The highest BCUT2D eigenvalue weighted by molar-refractivity contribution is 5.91. The van der Waals surface area contributed by atoms with Crippen LogP contribution in [0.4, 0.5) is 4.39 Å². The first kappa shape index (κ1) is 15.3. The number of halogens is 1. The van der Waals surface area contributed by atoms with Gasteiger partial charge in [-0.3, -0.25) is 9.59 Å². The number of likely N-dealkylation sites (tertiary alicyclic amines) is 1. The number of carbonyl (C=O) groups excluding carboxylic acids is 1. The van der Waals surface area contributed by atoms with Gasteiger partial charge < -0.3 is 14.1 Å². The van der Waals surface area contributed by atoms with E-state index < -0.39 is 5.43 Å². The summed E-state index contributed by atoms with van der Waals surface area (Å²) in [4.78, 5) is 25.8. The van der Waals surface area contributed by atoms with Gasteiger partial charge in [-0.05, 0) is 30.5 Å². The molecule has 0 aliphatic carbocycles. The molecule has 1 aromatic carbocycles. The standard InChI is InChI=1S/C17H16FNO4/c18-13-5-3-12(4-6-13)10-22-16-11-23-15(9-14(16)20)17(21)19-7-1-2-8-19/h3-6,9,11H,1-2,7-8,10H2. The van der Waals surface area contributed by atoms with Crippen LogP contribution in [-0.4, -0.2) is 23.9 Å². The predicted octanol–water partition coefficient (Wildman–Crippen LogP) is 2.59. The molecular formula is C17H16FNO4. The van der Waals surface area contributed by atoms with Crippen LogP contribution in [0.1, 0.15) is 29.0 Å². The van der Waals surface area contributed by atoms with Gasteiger partial charge in [-0.15, -0.1) is 0 Å². The molecule has 1 saturated heterocycles. The van der Waals surface area contributed by atoms with E-state index in [1.165, 1.54) is 12.1 Å². The molecule has 1 aliphatic rings. The van der Waals surface area contributed by atoms with Crippen LogP contribution in [-0.2, 0) is 6.61 Å². The lowest BCUT2D eigenvalue weighted by Gasteiger charge is -2.14. The molecule has 2 heterocycles. The van der Waals surface area contributed by atoms with Crippen LogP contribution in [0.3, 0.4) is 0 Å². The Morgan fingerprint density at radius 3 is 2.57 bits per heavy atom. The van der Waals surface area contributed by atoms with E-state index >= 15 is 0 Å². The van der Waals surface area contributed by atoms with Gasteiger partial charge in [-0.25, -0.2) is 4.39 Å². The van der Waals surface area contributed by atoms with E-state index in [-0.39, 0.29) is 29.8 Å². The summed E-state index contributed by atoms with van der Waals surface area (Å²) in [7, 11) is 0. The van der Waals surface area contributed by atoms with Crippen molar-refractivity contribution < 1.29 is 18.3 Å². The van der Waals surface area contributed by atoms with Crippen LogP contribution in [0.5, 0.6) is 5.75 Å². The van der Waals surface area contributed by atoms with Crippen molar-refractivity contribution in [3.8, 4) is 5.75 Å². The number of amides is 1. The fourth-order valence-electron chi connectivity index (χ4n) is 2.43. The average molecular weight is 317 g/mol. The summed E-state index contributed by atoms with van der Waals surface area (Å²) in [6, 6.07) is 6.93. The van der Waals surface area contributed by atoms with Crippen molar-refractivity contribution in [3.05, 3.63) is 64.0 Å². The summed E-state index contributed by atoms with van der Waals surface area (Å²) in [5, 5.41) is 0. The fourth-order valence-corrected chi connectivity index (χ4v) is 2.43. The molecule has 23 heavy (non-hydrogen) atoms. The Kier molecular flexibility index (Phi) is 4.41. The number of hydrogen-bond acceptors (Lipinski definition) is 4. The monoisotopic (exact) mass is 317 g/mol. The van der Waals surface area contributed by atoms with Crippen LogP contribution in [0.2, 0.25) is 0 Å². The Hall–Kier alpha value is -2.63. The molecule has 1 aromatic heterocycles. The van der Waals surface area contributed by atoms with Crippen molar-refractivity contribution in [2.24, 2.45) is 0 Å². The number of rotatable bonds is 4. The molecule has 1 fully saturated rings. The molecule has 0 bridgehead atoms. The Morgan fingerprint density at radius 1 is 1.22 bits per heavy atom. The number of carbonyl (C=O) groups is 1. The Bertz CT molecular complexity index is 748. The highest BCUT2D eigenvalue weighted by Gasteiger charge is 2.22. The maximum atomic E-state index is 12.8. The molecule has 0 atom stereocenters. The van der Waals surface area contributed by atoms with Gasteiger partial charge >= 0.3 is 0 Å². The van der Waals surface area contributed by atoms with Crippen molar-refractivity contribution in [1.82, 2.24) is 4.90 Å². The van der Waals surface area contributed by atoms with Gasteiger partial charge in [0.25, 0.3) is 5.91 Å².